The molecule has 1 aromatic heterocycles. The van der Waals surface area contributed by atoms with Crippen LogP contribution in [-0.2, 0) is 4.79 Å². The van der Waals surface area contributed by atoms with Crippen molar-refractivity contribution in [3.05, 3.63) is 36.0 Å². The second-order valence-electron chi connectivity index (χ2n) is 4.60. The minimum absolute atomic E-state index is 0.0287. The van der Waals surface area contributed by atoms with Crippen LogP contribution in [0.3, 0.4) is 0 Å². The maximum Gasteiger partial charge on any atom is 0.216 e. The maximum absolute atomic E-state index is 10.8. The number of phenols is 1. The van der Waals surface area contributed by atoms with Gasteiger partial charge in [-0.05, 0) is 17.7 Å². The lowest BCUT2D eigenvalue weighted by Crippen LogP contribution is -2.34. The normalized spacial score (nSPS) is 13.7. The topological polar surface area (TPSA) is 116 Å². The maximum atomic E-state index is 10.8. The first-order valence-electron chi connectivity index (χ1n) is 6.33. The molecule has 0 aliphatic carbocycles. The number of nitrogens with one attached hydrogen (secondary N) is 1. The molecular formula is C14H16N2O5. The summed E-state index contributed by atoms with van der Waals surface area (Å²) in [5.41, 5.74) is 0.743. The molecule has 0 bridgehead atoms. The molecule has 2 atom stereocenters. The van der Waals surface area contributed by atoms with Gasteiger partial charge in [0.25, 0.3) is 0 Å². The van der Waals surface area contributed by atoms with Crippen LogP contribution < -0.4 is 5.32 Å². The number of aliphatic hydroxyl groups is 2. The summed E-state index contributed by atoms with van der Waals surface area (Å²) in [5.74, 6) is 0.0197. The molecular weight excluding hydrogens is 276 g/mol. The summed E-state index contributed by atoms with van der Waals surface area (Å²) in [5, 5.41) is 35.7. The van der Waals surface area contributed by atoms with E-state index in [0.717, 1.165) is 0 Å². The standard InChI is InChI=1S/C14H16N2O5/c1-8(17)15-7-12(19)14(20)9-2-3-11(18)10(6-9)13-4-5-16-21-13/h2-6,12,14,18-20H,7H2,1H3,(H,15,17). The van der Waals surface area contributed by atoms with E-state index in [1.165, 1.54) is 31.3 Å². The zero-order chi connectivity index (χ0) is 15.4. The van der Waals surface area contributed by atoms with Crippen LogP contribution in [0.4, 0.5) is 0 Å². The summed E-state index contributed by atoms with van der Waals surface area (Å²) in [6.07, 6.45) is -0.941. The fraction of sp³-hybridized carbons (Fsp3) is 0.286. The van der Waals surface area contributed by atoms with E-state index in [1.807, 2.05) is 0 Å². The fourth-order valence-corrected chi connectivity index (χ4v) is 1.87. The molecule has 21 heavy (non-hydrogen) atoms. The number of nitrogens with zero attached hydrogens (tertiary/aromatic N) is 1. The summed E-state index contributed by atoms with van der Waals surface area (Å²) in [6.45, 7) is 1.25. The minimum Gasteiger partial charge on any atom is -0.507 e. The van der Waals surface area contributed by atoms with E-state index in [-0.39, 0.29) is 18.2 Å². The number of hydrogen-bond donors (Lipinski definition) is 4. The molecule has 1 heterocycles. The van der Waals surface area contributed by atoms with E-state index >= 15 is 0 Å². The average Bonchev–Trinajstić information content (AvgIpc) is 2.98. The Bertz CT molecular complexity index is 612. The van der Waals surface area contributed by atoms with Crippen LogP contribution in [0.1, 0.15) is 18.6 Å². The summed E-state index contributed by atoms with van der Waals surface area (Å²) >= 11 is 0. The van der Waals surface area contributed by atoms with Gasteiger partial charge in [-0.25, -0.2) is 0 Å². The zero-order valence-electron chi connectivity index (χ0n) is 11.4. The third kappa shape index (κ3) is 3.59. The van der Waals surface area contributed by atoms with E-state index in [0.29, 0.717) is 16.9 Å². The van der Waals surface area contributed by atoms with Crippen molar-refractivity contribution in [1.82, 2.24) is 10.5 Å². The first kappa shape index (κ1) is 15.0. The zero-order valence-corrected chi connectivity index (χ0v) is 11.4. The number of aliphatic hydroxyl groups excluding tert-OH is 2. The summed E-state index contributed by atoms with van der Waals surface area (Å²) in [7, 11) is 0. The van der Waals surface area contributed by atoms with E-state index in [9.17, 15) is 20.1 Å². The van der Waals surface area contributed by atoms with Crippen molar-refractivity contribution in [2.24, 2.45) is 0 Å². The largest absolute Gasteiger partial charge is 0.507 e. The molecule has 0 saturated carbocycles. The SMILES string of the molecule is CC(=O)NCC(O)C(O)c1ccc(O)c(-c2ccno2)c1. The fourth-order valence-electron chi connectivity index (χ4n) is 1.87. The monoisotopic (exact) mass is 292 g/mol. The second-order valence-corrected chi connectivity index (χ2v) is 4.60. The molecule has 0 fully saturated rings. The molecule has 2 rings (SSSR count). The van der Waals surface area contributed by atoms with Gasteiger partial charge in [-0.3, -0.25) is 4.79 Å². The molecule has 1 aromatic carbocycles. The van der Waals surface area contributed by atoms with Gasteiger partial charge in [0, 0.05) is 19.5 Å². The van der Waals surface area contributed by atoms with Gasteiger partial charge < -0.3 is 25.2 Å². The molecule has 0 saturated heterocycles. The lowest BCUT2D eigenvalue weighted by atomic mass is 10.00. The quantitative estimate of drug-likeness (QED) is 0.640. The van der Waals surface area contributed by atoms with Gasteiger partial charge in [0.05, 0.1) is 11.8 Å². The Kier molecular flexibility index (Phi) is 4.56. The number of carbonyl (C=O) groups excluding carboxylic acids is 1. The van der Waals surface area contributed by atoms with Crippen LogP contribution in [-0.4, -0.2) is 39.0 Å². The molecule has 0 radical (unpaired) electrons. The van der Waals surface area contributed by atoms with Crippen LogP contribution in [0.2, 0.25) is 0 Å². The van der Waals surface area contributed by atoms with Crippen LogP contribution in [0.5, 0.6) is 5.75 Å². The molecule has 4 N–H and O–H groups in total. The molecule has 0 spiro atoms. The Morgan fingerprint density at radius 3 is 2.76 bits per heavy atom. The summed E-state index contributed by atoms with van der Waals surface area (Å²) < 4.78 is 4.96. The van der Waals surface area contributed by atoms with Crippen molar-refractivity contribution in [3.63, 3.8) is 0 Å². The number of aromatic nitrogens is 1. The highest BCUT2D eigenvalue weighted by Crippen LogP contribution is 2.32. The van der Waals surface area contributed by atoms with E-state index in [4.69, 9.17) is 4.52 Å². The van der Waals surface area contributed by atoms with Crippen LogP contribution in [0.25, 0.3) is 11.3 Å². The lowest BCUT2D eigenvalue weighted by molar-refractivity contribution is -0.119. The Morgan fingerprint density at radius 2 is 2.14 bits per heavy atom. The number of phenolic OH excluding ortho intramolecular Hbond substituents is 1. The van der Waals surface area contributed by atoms with Crippen molar-refractivity contribution in [2.45, 2.75) is 19.1 Å². The summed E-state index contributed by atoms with van der Waals surface area (Å²) in [4.78, 5) is 10.8. The van der Waals surface area contributed by atoms with Gasteiger partial charge in [-0.1, -0.05) is 11.2 Å². The molecule has 2 unspecified atom stereocenters. The Labute approximate surface area is 120 Å². The summed E-state index contributed by atoms with van der Waals surface area (Å²) in [6, 6.07) is 5.94. The van der Waals surface area contributed by atoms with Gasteiger partial charge in [0.15, 0.2) is 5.76 Å². The average molecular weight is 292 g/mol. The first-order valence-corrected chi connectivity index (χ1v) is 6.33. The number of amides is 1. The van der Waals surface area contributed by atoms with Gasteiger partial charge in [-0.15, -0.1) is 0 Å². The number of benzene rings is 1. The number of hydrogen-bond acceptors (Lipinski definition) is 6. The lowest BCUT2D eigenvalue weighted by Gasteiger charge is -2.19. The highest BCUT2D eigenvalue weighted by molar-refractivity contribution is 5.72. The van der Waals surface area contributed by atoms with Gasteiger partial charge in [0.1, 0.15) is 18.0 Å². The highest BCUT2D eigenvalue weighted by atomic mass is 16.5. The molecule has 7 heteroatoms. The second kappa shape index (κ2) is 6.38. The van der Waals surface area contributed by atoms with Gasteiger partial charge in [-0.2, -0.15) is 0 Å². The molecule has 0 aliphatic heterocycles. The molecule has 0 aliphatic rings. The molecule has 7 nitrogen and oxygen atoms in total. The van der Waals surface area contributed by atoms with Gasteiger partial charge >= 0.3 is 0 Å². The van der Waals surface area contributed by atoms with Crippen molar-refractivity contribution in [2.75, 3.05) is 6.54 Å². The predicted molar refractivity (Wildman–Crippen MR) is 73.3 cm³/mol. The third-order valence-electron chi connectivity index (χ3n) is 2.99. The Morgan fingerprint density at radius 1 is 1.38 bits per heavy atom. The van der Waals surface area contributed by atoms with Crippen molar-refractivity contribution in [3.8, 4) is 17.1 Å². The van der Waals surface area contributed by atoms with Crippen molar-refractivity contribution in [1.29, 1.82) is 0 Å². The number of carbonyl (C=O) groups is 1. The van der Waals surface area contributed by atoms with E-state index < -0.39 is 12.2 Å². The Hall–Kier alpha value is -2.38. The first-order chi connectivity index (χ1) is 9.99. The smallest absolute Gasteiger partial charge is 0.216 e. The highest BCUT2D eigenvalue weighted by Gasteiger charge is 2.20. The van der Waals surface area contributed by atoms with Crippen LogP contribution >= 0.6 is 0 Å². The molecule has 2 aromatic rings. The third-order valence-corrected chi connectivity index (χ3v) is 2.99. The van der Waals surface area contributed by atoms with Gasteiger partial charge in [0.2, 0.25) is 5.91 Å². The minimum atomic E-state index is -1.21. The molecule has 1 amide bonds. The van der Waals surface area contributed by atoms with E-state index in [2.05, 4.69) is 10.5 Å². The molecule has 112 valence electrons. The number of aromatic hydroxyl groups is 1. The van der Waals surface area contributed by atoms with Crippen LogP contribution in [0.15, 0.2) is 35.0 Å². The number of rotatable bonds is 5. The van der Waals surface area contributed by atoms with E-state index in [1.54, 1.807) is 6.07 Å². The predicted octanol–water partition coefficient (Wildman–Crippen LogP) is 0.578. The van der Waals surface area contributed by atoms with Crippen molar-refractivity contribution >= 4 is 5.91 Å². The van der Waals surface area contributed by atoms with Crippen molar-refractivity contribution < 1.29 is 24.6 Å². The Balaban J connectivity index is 2.20. The van der Waals surface area contributed by atoms with Crippen LogP contribution in [0, 0.1) is 0 Å².